The summed E-state index contributed by atoms with van der Waals surface area (Å²) in [5.74, 6) is -3.34. The molecule has 16 nitrogen and oxygen atoms in total. The van der Waals surface area contributed by atoms with E-state index in [-0.39, 0.29) is 30.8 Å². The number of carbonyl (C=O) groups is 6. The number of fused-ring (bicyclic) bond motifs is 2. The first-order chi connectivity index (χ1) is 26.6. The van der Waals surface area contributed by atoms with Crippen LogP contribution in [0.5, 0.6) is 23.0 Å². The van der Waals surface area contributed by atoms with Gasteiger partial charge in [-0.15, -0.1) is 0 Å². The second-order valence-electron chi connectivity index (χ2n) is 14.1. The molecule has 0 radical (unpaired) electrons. The van der Waals surface area contributed by atoms with Crippen LogP contribution in [0.1, 0.15) is 30.5 Å². The van der Waals surface area contributed by atoms with Crippen molar-refractivity contribution >= 4 is 35.4 Å². The lowest BCUT2D eigenvalue weighted by Gasteiger charge is -2.37. The van der Waals surface area contributed by atoms with E-state index in [1.165, 1.54) is 64.0 Å². The van der Waals surface area contributed by atoms with Gasteiger partial charge in [0.15, 0.2) is 11.5 Å². The van der Waals surface area contributed by atoms with Gasteiger partial charge in [-0.2, -0.15) is 0 Å². The molecule has 6 rings (SSSR count). The molecule has 3 aromatic rings. The molecule has 298 valence electrons. The quantitative estimate of drug-likeness (QED) is 0.249. The number of phenols is 1. The Morgan fingerprint density at radius 2 is 1.30 bits per heavy atom. The van der Waals surface area contributed by atoms with Gasteiger partial charge in [-0.1, -0.05) is 30.3 Å². The average Bonchev–Trinajstić information content (AvgIpc) is 3.19. The molecule has 3 aliphatic heterocycles. The maximum absolute atomic E-state index is 14.6. The summed E-state index contributed by atoms with van der Waals surface area (Å²) in [6.07, 6.45) is -0.0928. The lowest BCUT2D eigenvalue weighted by atomic mass is 9.98. The molecule has 0 spiro atoms. The van der Waals surface area contributed by atoms with Gasteiger partial charge in [0.2, 0.25) is 35.4 Å². The lowest BCUT2D eigenvalue weighted by molar-refractivity contribution is -0.149. The minimum absolute atomic E-state index is 0.00986. The number of amides is 6. The van der Waals surface area contributed by atoms with Gasteiger partial charge < -0.3 is 50.3 Å². The van der Waals surface area contributed by atoms with Crippen molar-refractivity contribution in [3.63, 3.8) is 0 Å². The molecule has 0 saturated carbocycles. The van der Waals surface area contributed by atoms with E-state index in [2.05, 4.69) is 16.0 Å². The average molecular weight is 773 g/mol. The molecule has 16 heteroatoms. The summed E-state index contributed by atoms with van der Waals surface area (Å²) in [6, 6.07) is 10.5. The highest BCUT2D eigenvalue weighted by atomic mass is 16.5. The van der Waals surface area contributed by atoms with E-state index in [0.29, 0.717) is 28.2 Å². The first-order valence-corrected chi connectivity index (χ1v) is 18.1. The highest BCUT2D eigenvalue weighted by Gasteiger charge is 2.39. The Labute approximate surface area is 324 Å². The molecule has 6 atom stereocenters. The van der Waals surface area contributed by atoms with Crippen molar-refractivity contribution in [1.82, 2.24) is 30.7 Å². The standard InChI is InChI=1S/C40H48N6O10/c1-22-35(49)43-29(21-47)39(53)44(3)30(17-24-7-12-27(55-6)13-8-24)37(51)42-23(2)38(52)46(5)32-18-25-9-14-28(15-10-25)56-34-20-26(11-16-33(34)48)19-31(36(50)41-22)45(4)40(32)54/h7-16,20,22-23,29-32,47-48H,17-19,21H2,1-6H3,(H,41,50)(H,42,51)(H,43,49)/t22-,23+,29+,30+,31+,32+/m1/s1. The fourth-order valence-electron chi connectivity index (χ4n) is 6.70. The van der Waals surface area contributed by atoms with Gasteiger partial charge in [0.25, 0.3) is 0 Å². The summed E-state index contributed by atoms with van der Waals surface area (Å²) in [4.78, 5) is 87.8. The molecule has 6 bridgehead atoms. The third-order valence-corrected chi connectivity index (χ3v) is 10.2. The predicted octanol–water partition coefficient (Wildman–Crippen LogP) is 0.516. The van der Waals surface area contributed by atoms with Crippen LogP contribution in [0.15, 0.2) is 66.7 Å². The Kier molecular flexibility index (Phi) is 12.8. The molecule has 1 saturated heterocycles. The summed E-state index contributed by atoms with van der Waals surface area (Å²) in [6.45, 7) is 2.01. The van der Waals surface area contributed by atoms with Gasteiger partial charge in [-0.25, -0.2) is 0 Å². The van der Waals surface area contributed by atoms with E-state index in [1.807, 2.05) is 0 Å². The number of likely N-dealkylation sites (N-methyl/N-ethyl adjacent to an activating group) is 3. The van der Waals surface area contributed by atoms with Crippen LogP contribution in [-0.4, -0.2) is 131 Å². The molecule has 0 unspecified atom stereocenters. The van der Waals surface area contributed by atoms with Crippen LogP contribution in [0.25, 0.3) is 0 Å². The number of nitrogens with zero attached hydrogens (tertiary/aromatic N) is 3. The molecule has 0 aliphatic carbocycles. The van der Waals surface area contributed by atoms with Crippen molar-refractivity contribution in [3.05, 3.63) is 83.4 Å². The van der Waals surface area contributed by atoms with Crippen molar-refractivity contribution in [2.75, 3.05) is 34.9 Å². The van der Waals surface area contributed by atoms with Crippen molar-refractivity contribution in [1.29, 1.82) is 0 Å². The van der Waals surface area contributed by atoms with Crippen LogP contribution in [-0.2, 0) is 48.0 Å². The van der Waals surface area contributed by atoms with Crippen LogP contribution in [0.4, 0.5) is 0 Å². The van der Waals surface area contributed by atoms with Gasteiger partial charge in [-0.3, -0.25) is 28.8 Å². The highest BCUT2D eigenvalue weighted by Crippen LogP contribution is 2.33. The molecule has 5 N–H and O–H groups in total. The van der Waals surface area contributed by atoms with E-state index in [4.69, 9.17) is 9.47 Å². The minimum Gasteiger partial charge on any atom is -0.504 e. The van der Waals surface area contributed by atoms with Crippen LogP contribution in [0.3, 0.4) is 0 Å². The minimum atomic E-state index is -1.51. The number of methoxy groups -OCH3 is 1. The number of aliphatic hydroxyl groups excluding tert-OH is 1. The van der Waals surface area contributed by atoms with E-state index >= 15 is 0 Å². The molecule has 0 aromatic heterocycles. The van der Waals surface area contributed by atoms with Crippen LogP contribution in [0.2, 0.25) is 0 Å². The lowest BCUT2D eigenvalue weighted by Crippen LogP contribution is -2.62. The summed E-state index contributed by atoms with van der Waals surface area (Å²) in [5.41, 5.74) is 1.79. The fourth-order valence-corrected chi connectivity index (χ4v) is 6.70. The molecule has 56 heavy (non-hydrogen) atoms. The van der Waals surface area contributed by atoms with Gasteiger partial charge in [0, 0.05) is 40.4 Å². The van der Waals surface area contributed by atoms with Crippen LogP contribution in [0, 0.1) is 0 Å². The molecule has 3 aliphatic rings. The number of ether oxygens (including phenoxy) is 2. The number of nitrogens with one attached hydrogen (secondary N) is 3. The number of phenolic OH excluding ortho intramolecular Hbond substituents is 1. The number of aromatic hydroxyl groups is 1. The van der Waals surface area contributed by atoms with Crippen LogP contribution < -0.4 is 25.4 Å². The first kappa shape index (κ1) is 41.0. The van der Waals surface area contributed by atoms with E-state index in [1.54, 1.807) is 54.6 Å². The SMILES string of the molecule is COc1ccc(C[C@H]2C(=O)N[C@@H](C)C(=O)N(C)[C@H]3Cc4ccc(cc4)Oc4cc(ccc4O)C[C@@H](C(=O)N[C@H](C)C(=O)N[C@@H](CO)C(=O)N2C)N(C)C3=O)cc1. The molecule has 6 amide bonds. The maximum atomic E-state index is 14.6. The predicted molar refractivity (Wildman–Crippen MR) is 203 cm³/mol. The largest absolute Gasteiger partial charge is 0.504 e. The third kappa shape index (κ3) is 9.20. The summed E-state index contributed by atoms with van der Waals surface area (Å²) in [5, 5.41) is 28.6. The number of benzene rings is 3. The van der Waals surface area contributed by atoms with E-state index < -0.39 is 78.3 Å². The molecule has 3 aromatic carbocycles. The number of carbonyl (C=O) groups excluding carboxylic acids is 6. The zero-order valence-electron chi connectivity index (χ0n) is 32.1. The smallest absolute Gasteiger partial charge is 0.247 e. The third-order valence-electron chi connectivity index (χ3n) is 10.2. The molecular formula is C40H48N6O10. The summed E-state index contributed by atoms with van der Waals surface area (Å²) >= 11 is 0. The Morgan fingerprint density at radius 1 is 0.696 bits per heavy atom. The van der Waals surface area contributed by atoms with Gasteiger partial charge in [-0.05, 0) is 66.9 Å². The zero-order chi connectivity index (χ0) is 40.8. The Balaban J connectivity index is 1.58. The highest BCUT2D eigenvalue weighted by molar-refractivity contribution is 5.98. The molecule has 3 heterocycles. The topological polar surface area (TPSA) is 207 Å². The van der Waals surface area contributed by atoms with Gasteiger partial charge in [0.05, 0.1) is 13.7 Å². The first-order valence-electron chi connectivity index (χ1n) is 18.1. The van der Waals surface area contributed by atoms with Crippen LogP contribution >= 0.6 is 0 Å². The number of aliphatic hydroxyl groups is 1. The van der Waals surface area contributed by atoms with Crippen molar-refractivity contribution in [3.8, 4) is 23.0 Å². The van der Waals surface area contributed by atoms with Crippen molar-refractivity contribution < 1.29 is 48.5 Å². The Morgan fingerprint density at radius 3 is 1.95 bits per heavy atom. The van der Waals surface area contributed by atoms with E-state index in [9.17, 15) is 39.0 Å². The fraction of sp³-hybridized carbons (Fsp3) is 0.400. The molecule has 1 fully saturated rings. The monoisotopic (exact) mass is 772 g/mol. The number of rotatable bonds is 4. The van der Waals surface area contributed by atoms with Crippen molar-refractivity contribution in [2.45, 2.75) is 69.4 Å². The summed E-state index contributed by atoms with van der Waals surface area (Å²) < 4.78 is 11.2. The normalized spacial score (nSPS) is 24.4. The van der Waals surface area contributed by atoms with E-state index in [0.717, 1.165) is 4.90 Å². The Bertz CT molecular complexity index is 1960. The maximum Gasteiger partial charge on any atom is 0.247 e. The summed E-state index contributed by atoms with van der Waals surface area (Å²) in [7, 11) is 5.71. The zero-order valence-corrected chi connectivity index (χ0v) is 32.1. The van der Waals surface area contributed by atoms with Gasteiger partial charge >= 0.3 is 0 Å². The molecular weight excluding hydrogens is 724 g/mol. The Hall–Kier alpha value is -6.16. The second-order valence-corrected chi connectivity index (χ2v) is 14.1. The van der Waals surface area contributed by atoms with Gasteiger partial charge in [0.1, 0.15) is 47.8 Å². The number of hydrogen-bond acceptors (Lipinski definition) is 10. The van der Waals surface area contributed by atoms with Crippen molar-refractivity contribution in [2.24, 2.45) is 0 Å². The second kappa shape index (κ2) is 17.5. The number of hydrogen-bond donors (Lipinski definition) is 5.